The molecule has 4 rings (SSSR count). The zero-order valence-corrected chi connectivity index (χ0v) is 76.5. The Balaban J connectivity index is 1.53. The zero-order valence-electron chi connectivity index (χ0n) is 75.7. The fourth-order valence-electron chi connectivity index (χ4n) is 15.0. The summed E-state index contributed by atoms with van der Waals surface area (Å²) in [5.41, 5.74) is 6.78. The predicted molar refractivity (Wildman–Crippen MR) is 477 cm³/mol. The predicted octanol–water partition coefficient (Wildman–Crippen LogP) is 2.14. The number of nitrogens with one attached hydrogen (secondary N) is 7. The quantitative estimate of drug-likeness (QED) is 0.0360. The molecule has 0 radical (unpaired) electrons. The summed E-state index contributed by atoms with van der Waals surface area (Å²) in [5.74, 6) is -29.8. The number of aromatic hydroxyl groups is 2. The molecular weight excluding hydrogens is 1730 g/mol. The second-order valence-electron chi connectivity index (χ2n) is 34.4. The number of aliphatic hydroxyl groups excluding tert-OH is 4. The van der Waals surface area contributed by atoms with Gasteiger partial charge in [-0.3, -0.25) is 96.1 Å². The summed E-state index contributed by atoms with van der Waals surface area (Å²) < 4.78 is 0. The number of carboxylic acids is 3. The Morgan fingerprint density at radius 1 is 0.450 bits per heavy atom. The van der Waals surface area contributed by atoms with Crippen molar-refractivity contribution in [3.05, 3.63) is 95.6 Å². The first-order valence-corrected chi connectivity index (χ1v) is 45.4. The fourth-order valence-corrected chi connectivity index (χ4v) is 15.8. The number of benzene rings is 3. The summed E-state index contributed by atoms with van der Waals surface area (Å²) in [6.45, 7) is 9.10. The van der Waals surface area contributed by atoms with E-state index in [4.69, 9.17) is 5.73 Å². The van der Waals surface area contributed by atoms with Gasteiger partial charge in [-0.05, 0) is 131 Å². The number of thioether (sulfide) groups is 1. The van der Waals surface area contributed by atoms with Gasteiger partial charge >= 0.3 is 17.9 Å². The number of amides is 8. The van der Waals surface area contributed by atoms with Gasteiger partial charge in [0, 0.05) is 102 Å². The lowest BCUT2D eigenvalue weighted by Crippen LogP contribution is -2.52. The average Bonchev–Trinajstić information content (AvgIpc) is 1.01. The van der Waals surface area contributed by atoms with Gasteiger partial charge in [0.05, 0.1) is 110 Å². The molecule has 18 N–H and O–H groups in total. The lowest BCUT2D eigenvalue weighted by Gasteiger charge is -2.28. The van der Waals surface area contributed by atoms with Crippen molar-refractivity contribution in [1.29, 1.82) is 0 Å². The van der Waals surface area contributed by atoms with Crippen LogP contribution >= 0.6 is 11.8 Å². The lowest BCUT2D eigenvalue weighted by atomic mass is 9.85. The number of hydrogen-bond acceptors (Lipinski definition) is 28. The minimum atomic E-state index is -1.99. The molecule has 1 aliphatic heterocycles. The number of phenolic OH excluding ortho intramolecular Hbond substituents is 2. The van der Waals surface area contributed by atoms with Crippen LogP contribution in [0, 0.1) is 53.3 Å². The van der Waals surface area contributed by atoms with E-state index in [0.717, 1.165) is 25.6 Å². The molecule has 16 atom stereocenters. The molecule has 0 aliphatic carbocycles. The van der Waals surface area contributed by atoms with Crippen LogP contribution in [0.15, 0.2) is 78.9 Å². The van der Waals surface area contributed by atoms with Crippen LogP contribution in [-0.4, -0.2) is 274 Å². The highest BCUT2D eigenvalue weighted by Gasteiger charge is 2.41. The number of carbonyl (C=O) groups excluding carboxylic acids is 16. The highest BCUT2D eigenvalue weighted by atomic mass is 32.2. The number of hydrazine groups is 1. The van der Waals surface area contributed by atoms with Gasteiger partial charge in [0.25, 0.3) is 0 Å². The minimum absolute atomic E-state index is 0.0257. The molecule has 724 valence electrons. The van der Waals surface area contributed by atoms with Crippen LogP contribution in [0.3, 0.4) is 0 Å². The van der Waals surface area contributed by atoms with Crippen LogP contribution in [0.25, 0.3) is 0 Å². The van der Waals surface area contributed by atoms with Crippen LogP contribution in [0.5, 0.6) is 11.5 Å². The van der Waals surface area contributed by atoms with E-state index >= 15 is 0 Å². The van der Waals surface area contributed by atoms with E-state index < -0.39 is 280 Å². The lowest BCUT2D eigenvalue weighted by molar-refractivity contribution is -0.143. The van der Waals surface area contributed by atoms with E-state index in [2.05, 4.69) is 37.2 Å². The number of rotatable bonds is 67. The number of hydrogen-bond donors (Lipinski definition) is 17. The number of ketones is 8. The number of nitrogens with zero attached hydrogens (tertiary/aromatic N) is 2. The number of aliphatic carboxylic acids is 3. The monoisotopic (exact) mass is 1860 g/mol. The topological polar surface area (TPSA) is 623 Å². The third kappa shape index (κ3) is 41.1. The standard InChI is InChI=1S/C92H132N10O28S/c1-9-53(4)85(80(116)41-61(35-58-20-25-65(107)26-21-58)88(126)96-72(34-52(2)3)76(112)39-62(43-83(120)121)87(125)95-54(5)16-13-14-31-93)100-90(128)64(48-103)42-77(113)73(37-59-22-27-66(108)28-23-59)97-89(127)63(44-84(122)123)40-78(114)75(49-104)99-92(130)71(56(7)106)46-79(115)74(36-57-17-11-10-12-18-57)98-91(129)70(55(6)105)45-68(110)47-94-86(124)60(24-29-82(118)119)38-69(111)51-131-50-67(109)19-15-32-102-81(117)30-33-101(102)8/h10-12,17-18,20-23,25-28,52-56,60-64,70-75,85,103-108H,9,13-16,19,24,29-51,93H2,1-8H3,(H,94,124)(H,95,125)(H,96,126)(H,97,127)(H,98,129)(H,99,130)(H,100,128)(H,118,119)(H,120,121)(H,122,123)/t53-,54+,55+,56+,60+,61+,62-,63-,64-,70-,71-,72-,73-,74-,75-,85-/m0/s1. The van der Waals surface area contributed by atoms with Gasteiger partial charge < -0.3 is 88.9 Å². The number of phenols is 2. The molecular formula is C92H132N10O28S. The Morgan fingerprint density at radius 2 is 0.924 bits per heavy atom. The van der Waals surface area contributed by atoms with Crippen LogP contribution in [-0.2, 0) is 110 Å². The Hall–Kier alpha value is -11.1. The van der Waals surface area contributed by atoms with Gasteiger partial charge in [0.1, 0.15) is 29.1 Å². The van der Waals surface area contributed by atoms with Crippen LogP contribution < -0.4 is 43.0 Å². The molecule has 0 aromatic heterocycles. The van der Waals surface area contributed by atoms with Crippen LogP contribution in [0.1, 0.15) is 187 Å². The fraction of sp³-hybridized carbons (Fsp3) is 0.598. The third-order valence-corrected chi connectivity index (χ3v) is 23.9. The van der Waals surface area contributed by atoms with E-state index in [1.54, 1.807) is 82.0 Å². The largest absolute Gasteiger partial charge is 0.508 e. The van der Waals surface area contributed by atoms with Gasteiger partial charge in [-0.25, -0.2) is 5.01 Å². The molecule has 0 bridgehead atoms. The molecule has 0 spiro atoms. The van der Waals surface area contributed by atoms with Crippen molar-refractivity contribution in [2.45, 2.75) is 238 Å². The van der Waals surface area contributed by atoms with Crippen molar-refractivity contribution >= 4 is 123 Å². The first kappa shape index (κ1) is 112. The maximum atomic E-state index is 14.8. The molecule has 38 nitrogen and oxygen atoms in total. The first-order chi connectivity index (χ1) is 61.9. The van der Waals surface area contributed by atoms with Gasteiger partial charge in [-0.15, -0.1) is 11.8 Å². The third-order valence-electron chi connectivity index (χ3n) is 22.9. The second-order valence-corrected chi connectivity index (χ2v) is 35.4. The van der Waals surface area contributed by atoms with Crippen molar-refractivity contribution in [3.63, 3.8) is 0 Å². The Labute approximate surface area is 766 Å². The van der Waals surface area contributed by atoms with Gasteiger partial charge in [0.15, 0.2) is 34.7 Å². The summed E-state index contributed by atoms with van der Waals surface area (Å²) in [6.07, 6.45) is -9.17. The summed E-state index contributed by atoms with van der Waals surface area (Å²) in [4.78, 5) is 260. The first-order valence-electron chi connectivity index (χ1n) is 44.3. The normalized spacial score (nSPS) is 15.8. The van der Waals surface area contributed by atoms with Crippen molar-refractivity contribution in [1.82, 2.24) is 47.2 Å². The summed E-state index contributed by atoms with van der Waals surface area (Å²) >= 11 is 0.996. The average molecular weight is 1860 g/mol. The second kappa shape index (κ2) is 57.9. The molecule has 1 saturated heterocycles. The Bertz CT molecular complexity index is 4360. The van der Waals surface area contributed by atoms with Crippen molar-refractivity contribution in [2.24, 2.45) is 59.0 Å². The van der Waals surface area contributed by atoms with E-state index in [0.29, 0.717) is 62.9 Å². The Morgan fingerprint density at radius 3 is 1.44 bits per heavy atom. The van der Waals surface area contributed by atoms with E-state index in [1.807, 2.05) is 0 Å². The molecule has 3 aromatic rings. The highest BCUT2D eigenvalue weighted by molar-refractivity contribution is 8.00. The molecule has 0 saturated carbocycles. The number of carboxylic acid groups (broad SMARTS) is 3. The summed E-state index contributed by atoms with van der Waals surface area (Å²) in [5, 5.41) is 114. The number of Topliss-reactive ketones (excluding diaryl/α,β-unsaturated/α-hetero) is 8. The maximum absolute atomic E-state index is 14.8. The van der Waals surface area contributed by atoms with Crippen LogP contribution in [0.4, 0.5) is 0 Å². The van der Waals surface area contributed by atoms with Gasteiger partial charge in [-0.2, -0.15) is 0 Å². The molecule has 3 aromatic carbocycles. The zero-order chi connectivity index (χ0) is 97.9. The summed E-state index contributed by atoms with van der Waals surface area (Å²) in [7, 11) is 1.76. The summed E-state index contributed by atoms with van der Waals surface area (Å²) in [6, 6.07) is 10.5. The van der Waals surface area contributed by atoms with Gasteiger partial charge in [0.2, 0.25) is 47.3 Å². The molecule has 1 fully saturated rings. The number of aliphatic hydroxyl groups is 4. The number of nitrogens with two attached hydrogens (primary N) is 1. The Kier molecular flexibility index (Phi) is 49.6. The molecule has 0 unspecified atom stereocenters. The molecule has 8 amide bonds. The van der Waals surface area contributed by atoms with Gasteiger partial charge in [-0.1, -0.05) is 95.1 Å². The number of unbranched alkanes of at least 4 members (excludes halogenated alkanes) is 1. The molecule has 1 aliphatic rings. The van der Waals surface area contributed by atoms with E-state index in [1.165, 1.54) is 48.5 Å². The van der Waals surface area contributed by atoms with Crippen molar-refractivity contribution in [2.75, 3.05) is 57.9 Å². The highest BCUT2D eigenvalue weighted by Crippen LogP contribution is 2.27. The molecule has 39 heteroatoms. The van der Waals surface area contributed by atoms with E-state index in [9.17, 15) is 137 Å². The molecule has 131 heavy (non-hydrogen) atoms. The van der Waals surface area contributed by atoms with E-state index in [-0.39, 0.29) is 90.7 Å². The number of carbonyl (C=O) groups is 19. The SMILES string of the molecule is CC[C@H](C)[C@H](NC(=O)[C@H](CO)CC(=O)[C@H](Cc1ccc(O)cc1)NC(=O)[C@H](CC(=O)O)CC(=O)[C@H](CO)NC(=O)[C@@H](CC(=O)[C@H](Cc1ccccc1)NC(=O)[C@@H](CC(=O)CNC(=O)[C@H](CCC(=O)O)CC(=O)CSCC(=O)CCCN1C(=O)CCN1C)[C@@H](C)O)[C@@H](C)O)C(=O)C[C@@H](Cc1ccc(O)cc1)C(=O)N[C@@H](CC(C)C)C(=O)C[C@@H](CC(=O)O)C(=O)N[C@H](C)CCCCN. The smallest absolute Gasteiger partial charge is 0.304 e. The maximum Gasteiger partial charge on any atom is 0.304 e. The van der Waals surface area contributed by atoms with Crippen LogP contribution in [0.2, 0.25) is 0 Å². The van der Waals surface area contributed by atoms with Crippen molar-refractivity contribution in [3.8, 4) is 11.5 Å². The van der Waals surface area contributed by atoms with Crippen molar-refractivity contribution < 1.29 is 137 Å². The minimum Gasteiger partial charge on any atom is -0.508 e. The molecule has 1 heterocycles.